The molecule has 0 aromatic carbocycles. The van der Waals surface area contributed by atoms with Gasteiger partial charge in [-0.2, -0.15) is 45.3 Å². The van der Waals surface area contributed by atoms with E-state index in [1.165, 1.54) is 0 Å². The van der Waals surface area contributed by atoms with Crippen LogP contribution in [-0.2, 0) is 26.5 Å². The first kappa shape index (κ1) is 36.0. The molecule has 1 rings (SSSR count). The maximum absolute atomic E-state index is 4.43. The molecule has 149 valence electrons. The van der Waals surface area contributed by atoms with E-state index in [-0.39, 0.29) is 21.7 Å². The van der Waals surface area contributed by atoms with Gasteiger partial charge in [0, 0.05) is 7.11 Å². The molecule has 0 N–H and O–H groups in total. The summed E-state index contributed by atoms with van der Waals surface area (Å²) in [5, 5.41) is 11.9. The number of rotatable bonds is 7. The third-order valence-electron chi connectivity index (χ3n) is 2.13. The van der Waals surface area contributed by atoms with E-state index < -0.39 is 0 Å². The topological polar surface area (TPSA) is 51.5 Å². The van der Waals surface area contributed by atoms with Crippen molar-refractivity contribution in [3.63, 3.8) is 0 Å². The van der Waals surface area contributed by atoms with E-state index in [1.807, 2.05) is 53.7 Å². The maximum atomic E-state index is 4.43. The van der Waals surface area contributed by atoms with Gasteiger partial charge in [-0.25, -0.2) is 12.2 Å². The maximum Gasteiger partial charge on any atom is 3.00 e. The largest absolute Gasteiger partial charge is 3.00 e. The first-order chi connectivity index (χ1) is 11.7. The average molecular weight is 388 g/mol. The number of methoxy groups -OCH3 is 1. The Balaban J connectivity index is -0.0000000662. The summed E-state index contributed by atoms with van der Waals surface area (Å²) in [5.74, 6) is 0. The van der Waals surface area contributed by atoms with Crippen molar-refractivity contribution in [2.45, 2.75) is 48.0 Å². The molecule has 0 fully saturated rings. The van der Waals surface area contributed by atoms with Crippen LogP contribution in [0.5, 0.6) is 0 Å². The van der Waals surface area contributed by atoms with Crippen LogP contribution in [0.15, 0.2) is 18.2 Å². The van der Waals surface area contributed by atoms with Gasteiger partial charge in [0.05, 0.1) is 0 Å². The van der Waals surface area contributed by atoms with Gasteiger partial charge in [-0.1, -0.05) is 48.1 Å². The molecule has 0 unspecified atom stereocenters. The van der Waals surface area contributed by atoms with Crippen LogP contribution in [0.2, 0.25) is 0 Å². The van der Waals surface area contributed by atoms with Gasteiger partial charge in [-0.15, -0.1) is 6.42 Å². The monoisotopic (exact) mass is 388 g/mol. The summed E-state index contributed by atoms with van der Waals surface area (Å²) in [6, 6.07) is 0. The Morgan fingerprint density at radius 3 is 1.20 bits per heavy atom. The Morgan fingerprint density at radius 2 is 1.16 bits per heavy atom. The van der Waals surface area contributed by atoms with E-state index in [4.69, 9.17) is 0 Å². The Morgan fingerprint density at radius 1 is 0.840 bits per heavy atom. The summed E-state index contributed by atoms with van der Waals surface area (Å²) in [7, 11) is 1.62. The standard InChI is InChI=1S/C5H5.3C4H10N.C3H7O.Ti/c1-2-4-5-3-1;3*1-3-5-4-2;1-3-4-2;/h1-3H,4H2;3*3-4H2,1-2H3;1,3H2,2H3;/q5*-1;+3. The molecule has 1 aliphatic carbocycles. The van der Waals surface area contributed by atoms with Crippen molar-refractivity contribution in [2.75, 3.05) is 53.0 Å². The molecular weight excluding hydrogens is 346 g/mol. The zero-order valence-electron chi connectivity index (χ0n) is 17.8. The molecule has 0 aromatic heterocycles. The zero-order chi connectivity index (χ0) is 19.3. The van der Waals surface area contributed by atoms with Crippen molar-refractivity contribution in [1.29, 1.82) is 0 Å². The van der Waals surface area contributed by atoms with Gasteiger partial charge in [0.2, 0.25) is 0 Å². The molecule has 25 heavy (non-hydrogen) atoms. The number of hydrogen-bond acceptors (Lipinski definition) is 1. The summed E-state index contributed by atoms with van der Waals surface area (Å²) >= 11 is 0. The summed E-state index contributed by atoms with van der Waals surface area (Å²) < 4.78 is 4.43. The first-order valence-corrected chi connectivity index (χ1v) is 9.05. The number of hydrogen-bond donors (Lipinski definition) is 0. The van der Waals surface area contributed by atoms with E-state index in [9.17, 15) is 0 Å². The van der Waals surface area contributed by atoms with Crippen molar-refractivity contribution in [3.05, 3.63) is 47.2 Å². The van der Waals surface area contributed by atoms with Gasteiger partial charge in [0.25, 0.3) is 0 Å². The molecule has 0 aromatic rings. The Kier molecular flexibility index (Phi) is 71.5. The second kappa shape index (κ2) is 49.6. The van der Waals surface area contributed by atoms with Crippen molar-refractivity contribution < 1.29 is 26.5 Å². The molecule has 1 aliphatic rings. The van der Waals surface area contributed by atoms with Crippen LogP contribution < -0.4 is 0 Å². The molecule has 1 radical (unpaired) electrons. The van der Waals surface area contributed by atoms with Crippen LogP contribution in [0.4, 0.5) is 0 Å². The summed E-state index contributed by atoms with van der Waals surface area (Å²) in [5.41, 5.74) is 0. The quantitative estimate of drug-likeness (QED) is 0.391. The van der Waals surface area contributed by atoms with Gasteiger partial charge < -0.3 is 27.6 Å². The fourth-order valence-corrected chi connectivity index (χ4v) is 1.01. The van der Waals surface area contributed by atoms with Crippen LogP contribution in [0.25, 0.3) is 16.0 Å². The SMILES string of the molecule is CC[N-]CC.CC[N-]CC.CC[N-]CC.[C-]1=CC=CC1.[CH2-]COC.[Ti+3]. The van der Waals surface area contributed by atoms with Crippen molar-refractivity contribution in [2.24, 2.45) is 0 Å². The van der Waals surface area contributed by atoms with Gasteiger partial charge in [0.15, 0.2) is 0 Å². The Hall–Kier alpha value is 0.0343. The third-order valence-corrected chi connectivity index (χ3v) is 2.13. The smallest absolute Gasteiger partial charge is 0.663 e. The number of ether oxygens (including phenoxy) is 1. The normalized spacial score (nSPS) is 9.76. The summed E-state index contributed by atoms with van der Waals surface area (Å²) in [6.07, 6.45) is 10.0. The van der Waals surface area contributed by atoms with Crippen molar-refractivity contribution in [1.82, 2.24) is 0 Å². The molecule has 0 heterocycles. The van der Waals surface area contributed by atoms with Crippen LogP contribution in [0, 0.1) is 13.0 Å². The molecule has 0 spiro atoms. The van der Waals surface area contributed by atoms with Crippen LogP contribution in [-0.4, -0.2) is 53.0 Å². The Bertz CT molecular complexity index is 181. The zero-order valence-corrected chi connectivity index (χ0v) is 19.4. The van der Waals surface area contributed by atoms with E-state index in [2.05, 4.69) is 39.8 Å². The van der Waals surface area contributed by atoms with E-state index in [0.717, 1.165) is 45.7 Å². The molecule has 0 saturated heterocycles. The van der Waals surface area contributed by atoms with Gasteiger partial charge in [-0.05, 0) is 0 Å². The van der Waals surface area contributed by atoms with Crippen LogP contribution >= 0.6 is 0 Å². The minimum absolute atomic E-state index is 0. The van der Waals surface area contributed by atoms with Crippen LogP contribution in [0.1, 0.15) is 48.0 Å². The second-order valence-corrected chi connectivity index (χ2v) is 4.06. The summed E-state index contributed by atoms with van der Waals surface area (Å²) in [6.45, 7) is 22.0. The van der Waals surface area contributed by atoms with E-state index >= 15 is 0 Å². The van der Waals surface area contributed by atoms with Gasteiger partial charge in [0.1, 0.15) is 0 Å². The van der Waals surface area contributed by atoms with E-state index in [0.29, 0.717) is 6.61 Å². The minimum Gasteiger partial charge on any atom is -0.663 e. The molecule has 0 aliphatic heterocycles. The first-order valence-electron chi connectivity index (χ1n) is 9.05. The fraction of sp³-hybridized carbons (Fsp3) is 0.750. The molecule has 0 atom stereocenters. The second-order valence-electron chi connectivity index (χ2n) is 4.06. The number of nitrogens with zero attached hydrogens (tertiary/aromatic N) is 3. The predicted octanol–water partition coefficient (Wildman–Crippen LogP) is 5.97. The summed E-state index contributed by atoms with van der Waals surface area (Å²) in [4.78, 5) is 0. The third kappa shape index (κ3) is 80.6. The van der Waals surface area contributed by atoms with Gasteiger partial charge >= 0.3 is 21.7 Å². The van der Waals surface area contributed by atoms with Crippen molar-refractivity contribution in [3.8, 4) is 0 Å². The van der Waals surface area contributed by atoms with E-state index in [1.54, 1.807) is 7.11 Å². The predicted molar refractivity (Wildman–Crippen MR) is 112 cm³/mol. The average Bonchev–Trinajstić information content (AvgIpc) is 3.18. The molecule has 0 saturated carbocycles. The molecule has 0 bridgehead atoms. The van der Waals surface area contributed by atoms with Gasteiger partial charge in [-0.3, -0.25) is 6.08 Å². The number of allylic oxidation sites excluding steroid dienone is 4. The Labute approximate surface area is 174 Å². The molecule has 4 nitrogen and oxygen atoms in total. The van der Waals surface area contributed by atoms with Crippen LogP contribution in [0.3, 0.4) is 0 Å². The fourth-order valence-electron chi connectivity index (χ4n) is 1.01. The molecular formula is C20H42N3OTi-2. The minimum atomic E-state index is 0. The molecule has 0 amide bonds. The van der Waals surface area contributed by atoms with Crippen molar-refractivity contribution >= 4 is 0 Å². The molecule has 5 heteroatoms.